The first-order valence-electron chi connectivity index (χ1n) is 1.77. The van der Waals surface area contributed by atoms with Gasteiger partial charge in [-0.3, -0.25) is 5.73 Å². The summed E-state index contributed by atoms with van der Waals surface area (Å²) < 4.78 is 43.8. The van der Waals surface area contributed by atoms with Crippen molar-refractivity contribution in [3.05, 3.63) is 0 Å². The van der Waals surface area contributed by atoms with Crippen molar-refractivity contribution < 1.29 is 16.8 Å². The zero-order valence-corrected chi connectivity index (χ0v) is 6.05. The third-order valence-corrected chi connectivity index (χ3v) is 1.01. The van der Waals surface area contributed by atoms with E-state index in [0.717, 1.165) is 0 Å². The second kappa shape index (κ2) is 3.77. The van der Waals surface area contributed by atoms with Gasteiger partial charge in [-0.15, -0.1) is 20.9 Å². The highest BCUT2D eigenvalue weighted by atomic mass is 32.2. The molecule has 0 spiro atoms. The number of hydrogen-bond acceptors (Lipinski definition) is 4. The highest BCUT2D eigenvalue weighted by Crippen LogP contribution is 1.56. The van der Waals surface area contributed by atoms with Crippen molar-refractivity contribution in [2.75, 3.05) is 0 Å². The third kappa shape index (κ3) is 4.97. The van der Waals surface area contributed by atoms with Crippen molar-refractivity contribution in [2.24, 2.45) is 10.1 Å². The van der Waals surface area contributed by atoms with E-state index in [1.54, 1.807) is 0 Å². The maximum absolute atomic E-state index is 9.66. The van der Waals surface area contributed by atoms with Crippen LogP contribution in [-0.2, 0) is 21.0 Å². The standard InChI is InChI=1S/CHN3O4S2/c2-1(3-9(5)6)4-10(7)8/h2H/p+1. The largest absolute Gasteiger partial charge is 0.512 e. The van der Waals surface area contributed by atoms with Gasteiger partial charge in [-0.1, -0.05) is 0 Å². The average molecular weight is 184 g/mol. The molecule has 0 aliphatic heterocycles. The van der Waals surface area contributed by atoms with E-state index in [2.05, 4.69) is 14.1 Å². The molecule has 0 unspecified atom stereocenters. The van der Waals surface area contributed by atoms with Crippen LogP contribution in [0.15, 0.2) is 4.36 Å². The van der Waals surface area contributed by atoms with Gasteiger partial charge in [0.2, 0.25) is 0 Å². The number of rotatable bonds is 0. The normalized spacial score (nSPS) is 7.60. The van der Waals surface area contributed by atoms with E-state index >= 15 is 0 Å². The Labute approximate surface area is 58.6 Å². The molecule has 0 rings (SSSR count). The second-order valence-electron chi connectivity index (χ2n) is 0.975. The summed E-state index contributed by atoms with van der Waals surface area (Å²) in [6, 6.07) is 0. The van der Waals surface area contributed by atoms with Gasteiger partial charge < -0.3 is 0 Å². The average Bonchev–Trinajstić information content (AvgIpc) is 1.58. The number of nitrogens with two attached hydrogens (primary N) is 1. The van der Waals surface area contributed by atoms with E-state index in [4.69, 9.17) is 0 Å². The van der Waals surface area contributed by atoms with E-state index < -0.39 is 27.0 Å². The molecule has 0 aromatic heterocycles. The van der Waals surface area contributed by atoms with Gasteiger partial charge in [-0.25, -0.2) is 0 Å². The molecule has 0 radical (unpaired) electrons. The van der Waals surface area contributed by atoms with E-state index in [9.17, 15) is 16.8 Å². The lowest BCUT2D eigenvalue weighted by atomic mass is 11.1. The lowest BCUT2D eigenvalue weighted by molar-refractivity contribution is 0.621. The van der Waals surface area contributed by atoms with Gasteiger partial charge in [0.1, 0.15) is 0 Å². The van der Waals surface area contributed by atoms with Gasteiger partial charge in [-0.2, -0.15) is 0 Å². The van der Waals surface area contributed by atoms with E-state index in [1.165, 1.54) is 0 Å². The lowest BCUT2D eigenvalue weighted by Gasteiger charge is -1.55. The Balaban J connectivity index is 5.31. The summed E-state index contributed by atoms with van der Waals surface area (Å²) in [6.07, 6.45) is 0. The Bertz CT molecular complexity index is 389. The Morgan fingerprint density at radius 2 is 1.80 bits per heavy atom. The maximum atomic E-state index is 9.66. The van der Waals surface area contributed by atoms with Crippen LogP contribution in [0.3, 0.4) is 0 Å². The van der Waals surface area contributed by atoms with Gasteiger partial charge in [0.15, 0.2) is 0 Å². The molecule has 2 N–H and O–H groups in total. The molecule has 0 aliphatic carbocycles. The van der Waals surface area contributed by atoms with Crippen LogP contribution in [-0.4, -0.2) is 22.8 Å². The smallest absolute Gasteiger partial charge is 0.271 e. The maximum Gasteiger partial charge on any atom is 0.512 e. The van der Waals surface area contributed by atoms with E-state index in [1.807, 2.05) is 0 Å². The molecule has 0 atom stereocenters. The Kier molecular flexibility index (Phi) is 3.33. The van der Waals surface area contributed by atoms with Crippen molar-refractivity contribution in [3.63, 3.8) is 0 Å². The van der Waals surface area contributed by atoms with Crippen molar-refractivity contribution >= 4 is 27.0 Å². The Hall–Kier alpha value is -1.18. The number of hydrogen-bond donors (Lipinski definition) is 1. The molecule has 0 saturated heterocycles. The molecule has 0 aliphatic rings. The second-order valence-corrected chi connectivity index (χ2v) is 2.21. The van der Waals surface area contributed by atoms with Gasteiger partial charge in [0.25, 0.3) is 0 Å². The van der Waals surface area contributed by atoms with Crippen LogP contribution < -0.4 is 9.77 Å². The van der Waals surface area contributed by atoms with Crippen LogP contribution in [0.25, 0.3) is 0 Å². The SMILES string of the molecule is NC(N=S(=O)=O)=[N+]=S(=O)=O. The fourth-order valence-electron chi connectivity index (χ4n) is 0.169. The topological polar surface area (TPSA) is 121 Å². The number of nitrogens with zero attached hydrogens (tertiary/aromatic N) is 2. The quantitative estimate of drug-likeness (QED) is 0.253. The molecule has 0 fully saturated rings. The minimum absolute atomic E-state index is 0.818. The highest BCUT2D eigenvalue weighted by Gasteiger charge is 1.97. The van der Waals surface area contributed by atoms with Crippen molar-refractivity contribution in [1.29, 1.82) is 0 Å². The molecule has 10 heavy (non-hydrogen) atoms. The Morgan fingerprint density at radius 3 is 2.10 bits per heavy atom. The predicted molar refractivity (Wildman–Crippen MR) is 31.6 cm³/mol. The van der Waals surface area contributed by atoms with Crippen LogP contribution in [0.1, 0.15) is 0 Å². The van der Waals surface area contributed by atoms with Gasteiger partial charge >= 0.3 is 27.0 Å². The minimum atomic E-state index is -2.77. The monoisotopic (exact) mass is 184 g/mol. The van der Waals surface area contributed by atoms with Crippen LogP contribution in [0.5, 0.6) is 0 Å². The summed E-state index contributed by atoms with van der Waals surface area (Å²) in [5.74, 6) is -0.818. The van der Waals surface area contributed by atoms with Crippen LogP contribution in [0.4, 0.5) is 0 Å². The molecule has 0 saturated carbocycles. The summed E-state index contributed by atoms with van der Waals surface area (Å²) in [5.41, 5.74) is 4.67. The van der Waals surface area contributed by atoms with E-state index in [0.29, 0.717) is 0 Å². The number of guanidine groups is 1. The molecular weight excluding hydrogens is 182 g/mol. The summed E-state index contributed by atoms with van der Waals surface area (Å²) in [6.45, 7) is 0. The molecule has 9 heteroatoms. The molecular formula is CH2N3O4S2+. The first-order valence-corrected chi connectivity index (χ1v) is 3.83. The molecule has 0 amide bonds. The van der Waals surface area contributed by atoms with Gasteiger partial charge in [0, 0.05) is 0 Å². The summed E-state index contributed by atoms with van der Waals surface area (Å²) in [7, 11) is -5.53. The minimum Gasteiger partial charge on any atom is -0.271 e. The Morgan fingerprint density at radius 1 is 1.30 bits per heavy atom. The third-order valence-electron chi connectivity index (χ3n) is 0.336. The summed E-state index contributed by atoms with van der Waals surface area (Å²) >= 11 is 0. The molecule has 0 aromatic rings. The van der Waals surface area contributed by atoms with Crippen molar-refractivity contribution in [2.45, 2.75) is 0 Å². The zero-order valence-electron chi connectivity index (χ0n) is 4.42. The summed E-state index contributed by atoms with van der Waals surface area (Å²) in [4.78, 5) is 0. The first-order chi connectivity index (χ1) is 4.52. The molecule has 0 aromatic carbocycles. The summed E-state index contributed by atoms with van der Waals surface area (Å²) in [5, 5.41) is 0. The van der Waals surface area contributed by atoms with Crippen LogP contribution in [0.2, 0.25) is 0 Å². The van der Waals surface area contributed by atoms with Crippen LogP contribution >= 0.6 is 0 Å². The van der Waals surface area contributed by atoms with Gasteiger partial charge in [-0.05, 0) is 0 Å². The first kappa shape index (κ1) is 8.82. The van der Waals surface area contributed by atoms with Gasteiger partial charge in [0.05, 0.1) is 4.36 Å². The van der Waals surface area contributed by atoms with Crippen molar-refractivity contribution in [3.8, 4) is 0 Å². The molecule has 7 nitrogen and oxygen atoms in total. The van der Waals surface area contributed by atoms with Crippen molar-refractivity contribution in [1.82, 2.24) is 4.04 Å². The molecule has 0 bridgehead atoms. The molecule has 56 valence electrons. The highest BCUT2D eigenvalue weighted by molar-refractivity contribution is 7.62. The fourth-order valence-corrected chi connectivity index (χ4v) is 0.608. The lowest BCUT2D eigenvalue weighted by Crippen LogP contribution is -2.10. The van der Waals surface area contributed by atoms with E-state index in [-0.39, 0.29) is 0 Å². The fraction of sp³-hybridized carbons (Fsp3) is 0. The zero-order chi connectivity index (χ0) is 8.15. The molecule has 0 heterocycles. The van der Waals surface area contributed by atoms with Crippen LogP contribution in [0, 0.1) is 0 Å². The predicted octanol–water partition coefficient (Wildman–Crippen LogP) is -2.51.